The zero-order valence-corrected chi connectivity index (χ0v) is 12.0. The molecule has 0 atom stereocenters. The molecule has 18 heavy (non-hydrogen) atoms. The van der Waals surface area contributed by atoms with Gasteiger partial charge >= 0.3 is 0 Å². The molecular formula is C15H21NOS. The van der Waals surface area contributed by atoms with Crippen molar-refractivity contribution in [3.8, 4) is 0 Å². The number of benzene rings is 1. The van der Waals surface area contributed by atoms with Crippen molar-refractivity contribution in [1.82, 2.24) is 5.32 Å². The first kappa shape index (κ1) is 13.5. The van der Waals surface area contributed by atoms with E-state index in [-0.39, 0.29) is 5.91 Å². The Kier molecular flexibility index (Phi) is 4.00. The van der Waals surface area contributed by atoms with Gasteiger partial charge in [0, 0.05) is 11.4 Å². The molecule has 3 heteroatoms. The minimum atomic E-state index is 0.119. The highest BCUT2D eigenvalue weighted by molar-refractivity contribution is 7.80. The fourth-order valence-corrected chi connectivity index (χ4v) is 2.40. The van der Waals surface area contributed by atoms with Gasteiger partial charge in [-0.05, 0) is 41.9 Å². The smallest absolute Gasteiger partial charge is 0.224 e. The molecule has 98 valence electrons. The van der Waals surface area contributed by atoms with Crippen molar-refractivity contribution in [2.75, 3.05) is 6.54 Å². The zero-order chi connectivity index (χ0) is 13.2. The predicted octanol–water partition coefficient (Wildman–Crippen LogP) is 3.07. The summed E-state index contributed by atoms with van der Waals surface area (Å²) in [4.78, 5) is 12.8. The van der Waals surface area contributed by atoms with E-state index in [4.69, 9.17) is 0 Å². The summed E-state index contributed by atoms with van der Waals surface area (Å²) in [6, 6.07) is 7.75. The molecule has 1 aliphatic rings. The van der Waals surface area contributed by atoms with Crippen LogP contribution in [-0.4, -0.2) is 12.5 Å². The molecule has 0 spiro atoms. The number of amides is 1. The van der Waals surface area contributed by atoms with Gasteiger partial charge in [-0.15, -0.1) is 12.6 Å². The molecule has 2 rings (SSSR count). The number of carbonyl (C=O) groups is 1. The lowest BCUT2D eigenvalue weighted by Crippen LogP contribution is -2.33. The lowest BCUT2D eigenvalue weighted by Gasteiger charge is -2.20. The van der Waals surface area contributed by atoms with E-state index in [0.29, 0.717) is 17.8 Å². The van der Waals surface area contributed by atoms with Crippen LogP contribution >= 0.6 is 12.6 Å². The number of hydrogen-bond donors (Lipinski definition) is 2. The van der Waals surface area contributed by atoms with E-state index in [9.17, 15) is 4.79 Å². The third-order valence-corrected chi connectivity index (χ3v) is 4.35. The molecule has 0 aliphatic heterocycles. The van der Waals surface area contributed by atoms with Gasteiger partial charge in [-0.25, -0.2) is 0 Å². The quantitative estimate of drug-likeness (QED) is 0.785. The van der Waals surface area contributed by atoms with Crippen LogP contribution in [0.15, 0.2) is 29.2 Å². The highest BCUT2D eigenvalue weighted by atomic mass is 32.1. The second kappa shape index (κ2) is 5.35. The zero-order valence-electron chi connectivity index (χ0n) is 11.1. The Hall–Kier alpha value is -0.960. The molecule has 2 nitrogen and oxygen atoms in total. The average Bonchev–Trinajstić information content (AvgIpc) is 3.11. The Bertz CT molecular complexity index is 421. The highest BCUT2D eigenvalue weighted by Crippen LogP contribution is 2.51. The molecule has 0 unspecified atom stereocenters. The summed E-state index contributed by atoms with van der Waals surface area (Å²) in [5.74, 6) is 0.773. The van der Waals surface area contributed by atoms with Gasteiger partial charge < -0.3 is 5.32 Å². The Balaban J connectivity index is 1.81. The molecular weight excluding hydrogens is 242 g/mol. The summed E-state index contributed by atoms with van der Waals surface area (Å²) in [7, 11) is 0. The first-order chi connectivity index (χ1) is 8.52. The van der Waals surface area contributed by atoms with Gasteiger partial charge in [-0.2, -0.15) is 0 Å². The van der Waals surface area contributed by atoms with Crippen molar-refractivity contribution >= 4 is 18.5 Å². The number of nitrogens with one attached hydrogen (secondary N) is 1. The van der Waals surface area contributed by atoms with E-state index < -0.39 is 0 Å². The maximum atomic E-state index is 11.9. The summed E-state index contributed by atoms with van der Waals surface area (Å²) in [5, 5.41) is 3.07. The van der Waals surface area contributed by atoms with Gasteiger partial charge in [-0.3, -0.25) is 4.79 Å². The Morgan fingerprint density at radius 2 is 1.94 bits per heavy atom. The average molecular weight is 263 g/mol. The van der Waals surface area contributed by atoms with Crippen LogP contribution in [0, 0.1) is 11.3 Å². The van der Waals surface area contributed by atoms with Crippen molar-refractivity contribution in [2.45, 2.75) is 38.0 Å². The first-order valence-corrected chi connectivity index (χ1v) is 7.01. The van der Waals surface area contributed by atoms with Crippen LogP contribution in [0.5, 0.6) is 0 Å². The third-order valence-electron chi connectivity index (χ3n) is 4.06. The Morgan fingerprint density at radius 1 is 1.33 bits per heavy atom. The van der Waals surface area contributed by atoms with Crippen molar-refractivity contribution in [2.24, 2.45) is 11.3 Å². The highest BCUT2D eigenvalue weighted by Gasteiger charge is 2.45. The fourth-order valence-electron chi connectivity index (χ4n) is 2.26. The van der Waals surface area contributed by atoms with Gasteiger partial charge in [-0.1, -0.05) is 26.0 Å². The second-order valence-electron chi connectivity index (χ2n) is 5.64. The van der Waals surface area contributed by atoms with E-state index in [1.54, 1.807) is 0 Å². The molecule has 0 radical (unpaired) electrons. The third kappa shape index (κ3) is 3.29. The van der Waals surface area contributed by atoms with Crippen LogP contribution in [0.3, 0.4) is 0 Å². The summed E-state index contributed by atoms with van der Waals surface area (Å²) in [6.07, 6.45) is 2.96. The summed E-state index contributed by atoms with van der Waals surface area (Å²) in [6.45, 7) is 5.31. The standard InChI is InChI=1S/C15H21NOS/c1-11(2)15(7-8-15)10-16-14(17)9-12-3-5-13(18)6-4-12/h3-6,11,18H,7-10H2,1-2H3,(H,16,17). The van der Waals surface area contributed by atoms with Crippen LogP contribution in [0.4, 0.5) is 0 Å². The van der Waals surface area contributed by atoms with Crippen LogP contribution in [0.1, 0.15) is 32.3 Å². The van der Waals surface area contributed by atoms with E-state index >= 15 is 0 Å². The molecule has 1 aromatic carbocycles. The summed E-state index contributed by atoms with van der Waals surface area (Å²) < 4.78 is 0. The monoisotopic (exact) mass is 263 g/mol. The van der Waals surface area contributed by atoms with Gasteiger partial charge in [0.1, 0.15) is 0 Å². The van der Waals surface area contributed by atoms with Crippen LogP contribution in [0.2, 0.25) is 0 Å². The molecule has 0 heterocycles. The SMILES string of the molecule is CC(C)C1(CNC(=O)Cc2ccc(S)cc2)CC1. The maximum Gasteiger partial charge on any atom is 0.224 e. The van der Waals surface area contributed by atoms with E-state index in [0.717, 1.165) is 17.0 Å². The van der Waals surface area contributed by atoms with E-state index in [1.165, 1.54) is 12.8 Å². The van der Waals surface area contributed by atoms with Gasteiger partial charge in [0.15, 0.2) is 0 Å². The van der Waals surface area contributed by atoms with Gasteiger partial charge in [0.05, 0.1) is 6.42 Å². The largest absolute Gasteiger partial charge is 0.355 e. The van der Waals surface area contributed by atoms with Crippen LogP contribution in [-0.2, 0) is 11.2 Å². The maximum absolute atomic E-state index is 11.9. The molecule has 1 amide bonds. The minimum absolute atomic E-state index is 0.119. The fraction of sp³-hybridized carbons (Fsp3) is 0.533. The molecule has 1 saturated carbocycles. The minimum Gasteiger partial charge on any atom is -0.355 e. The first-order valence-electron chi connectivity index (χ1n) is 6.56. The lowest BCUT2D eigenvalue weighted by atomic mass is 9.92. The number of hydrogen-bond acceptors (Lipinski definition) is 2. The molecule has 1 aliphatic carbocycles. The van der Waals surface area contributed by atoms with E-state index in [2.05, 4.69) is 31.8 Å². The van der Waals surface area contributed by atoms with Crippen LogP contribution < -0.4 is 5.32 Å². The number of rotatable bonds is 5. The van der Waals surface area contributed by atoms with Gasteiger partial charge in [0.2, 0.25) is 5.91 Å². The van der Waals surface area contributed by atoms with Crippen molar-refractivity contribution in [3.63, 3.8) is 0 Å². The van der Waals surface area contributed by atoms with Crippen molar-refractivity contribution in [3.05, 3.63) is 29.8 Å². The second-order valence-corrected chi connectivity index (χ2v) is 6.15. The molecule has 1 aromatic rings. The van der Waals surface area contributed by atoms with Crippen molar-refractivity contribution in [1.29, 1.82) is 0 Å². The normalized spacial score (nSPS) is 16.7. The number of carbonyl (C=O) groups excluding carboxylic acids is 1. The lowest BCUT2D eigenvalue weighted by molar-refractivity contribution is -0.120. The topological polar surface area (TPSA) is 29.1 Å². The Labute approximate surface area is 115 Å². The molecule has 0 bridgehead atoms. The Morgan fingerprint density at radius 3 is 2.44 bits per heavy atom. The van der Waals surface area contributed by atoms with Gasteiger partial charge in [0.25, 0.3) is 0 Å². The van der Waals surface area contributed by atoms with Crippen molar-refractivity contribution < 1.29 is 4.79 Å². The van der Waals surface area contributed by atoms with E-state index in [1.807, 2.05) is 24.3 Å². The van der Waals surface area contributed by atoms with Crippen LogP contribution in [0.25, 0.3) is 0 Å². The summed E-state index contributed by atoms with van der Waals surface area (Å²) in [5.41, 5.74) is 1.42. The number of thiol groups is 1. The summed E-state index contributed by atoms with van der Waals surface area (Å²) >= 11 is 4.23. The predicted molar refractivity (Wildman–Crippen MR) is 76.9 cm³/mol. The molecule has 0 saturated heterocycles. The molecule has 0 aromatic heterocycles. The molecule has 1 fully saturated rings. The molecule has 1 N–H and O–H groups in total.